The Labute approximate surface area is 178 Å². The van der Waals surface area contributed by atoms with Crippen molar-refractivity contribution in [1.29, 1.82) is 0 Å². The Balaban J connectivity index is 1.73. The summed E-state index contributed by atoms with van der Waals surface area (Å²) in [7, 11) is 0. The fourth-order valence-electron chi connectivity index (χ4n) is 4.42. The monoisotopic (exact) mass is 402 g/mol. The van der Waals surface area contributed by atoms with Crippen LogP contribution in [-0.4, -0.2) is 16.0 Å². The van der Waals surface area contributed by atoms with Gasteiger partial charge in [-0.05, 0) is 36.0 Å². The zero-order valence-corrected chi connectivity index (χ0v) is 17.8. The number of carbonyl (C=O) groups is 1. The molecule has 1 atom stereocenters. The van der Waals surface area contributed by atoms with Gasteiger partial charge in [-0.1, -0.05) is 75.6 Å². The Morgan fingerprint density at radius 1 is 1.00 bits per heavy atom. The van der Waals surface area contributed by atoms with Crippen LogP contribution in [0.15, 0.2) is 54.7 Å². The molecule has 0 bridgehead atoms. The van der Waals surface area contributed by atoms with Gasteiger partial charge in [0.2, 0.25) is 5.91 Å². The van der Waals surface area contributed by atoms with E-state index in [9.17, 15) is 9.90 Å². The summed E-state index contributed by atoms with van der Waals surface area (Å²) in [6.07, 6.45) is 6.99. The van der Waals surface area contributed by atoms with Gasteiger partial charge in [0.05, 0.1) is 6.04 Å². The van der Waals surface area contributed by atoms with E-state index in [4.69, 9.17) is 0 Å². The van der Waals surface area contributed by atoms with Crippen LogP contribution in [0.3, 0.4) is 0 Å². The number of benzene rings is 2. The van der Waals surface area contributed by atoms with E-state index in [1.807, 2.05) is 24.3 Å². The second-order valence-corrected chi connectivity index (χ2v) is 8.68. The summed E-state index contributed by atoms with van der Waals surface area (Å²) in [6.45, 7) is 4.33. The summed E-state index contributed by atoms with van der Waals surface area (Å²) < 4.78 is 0. The van der Waals surface area contributed by atoms with Crippen LogP contribution in [-0.2, 0) is 4.79 Å². The minimum atomic E-state index is -0.410. The molecular formula is C26H30N2O2. The Morgan fingerprint density at radius 3 is 2.40 bits per heavy atom. The van der Waals surface area contributed by atoms with Crippen molar-refractivity contribution in [3.63, 3.8) is 0 Å². The van der Waals surface area contributed by atoms with Crippen molar-refractivity contribution >= 4 is 16.8 Å². The van der Waals surface area contributed by atoms with Crippen LogP contribution in [0.2, 0.25) is 0 Å². The van der Waals surface area contributed by atoms with Gasteiger partial charge in [0, 0.05) is 23.1 Å². The lowest BCUT2D eigenvalue weighted by atomic mass is 9.87. The van der Waals surface area contributed by atoms with Crippen molar-refractivity contribution in [2.75, 3.05) is 0 Å². The highest BCUT2D eigenvalue weighted by molar-refractivity contribution is 5.86. The number of hydrogen-bond donors (Lipinski definition) is 2. The molecule has 30 heavy (non-hydrogen) atoms. The molecule has 1 amide bonds. The number of amides is 1. The van der Waals surface area contributed by atoms with Crippen LogP contribution in [0, 0.1) is 5.92 Å². The minimum absolute atomic E-state index is 0.0527. The molecule has 0 spiro atoms. The number of hydrogen-bond acceptors (Lipinski definition) is 3. The van der Waals surface area contributed by atoms with E-state index in [0.29, 0.717) is 17.0 Å². The Bertz CT molecular complexity index is 1020. The smallest absolute Gasteiger partial charge is 0.223 e. The van der Waals surface area contributed by atoms with E-state index < -0.39 is 6.04 Å². The zero-order chi connectivity index (χ0) is 21.1. The molecule has 3 aromatic rings. The summed E-state index contributed by atoms with van der Waals surface area (Å²) in [5, 5.41) is 15.2. The molecule has 0 unspecified atom stereocenters. The van der Waals surface area contributed by atoms with E-state index in [2.05, 4.69) is 48.4 Å². The quantitative estimate of drug-likeness (QED) is 0.563. The molecule has 1 aliphatic rings. The molecule has 1 saturated carbocycles. The van der Waals surface area contributed by atoms with Crippen LogP contribution in [0.25, 0.3) is 10.9 Å². The van der Waals surface area contributed by atoms with E-state index >= 15 is 0 Å². The summed E-state index contributed by atoms with van der Waals surface area (Å²) in [4.78, 5) is 17.5. The van der Waals surface area contributed by atoms with Crippen molar-refractivity contribution in [3.05, 3.63) is 71.4 Å². The first-order chi connectivity index (χ1) is 14.5. The Morgan fingerprint density at radius 2 is 1.70 bits per heavy atom. The lowest BCUT2D eigenvalue weighted by Gasteiger charge is -2.26. The third-order valence-electron chi connectivity index (χ3n) is 6.29. The number of nitrogens with one attached hydrogen (secondary N) is 1. The maximum absolute atomic E-state index is 13.1. The van der Waals surface area contributed by atoms with Gasteiger partial charge in [-0.2, -0.15) is 0 Å². The molecule has 4 heteroatoms. The summed E-state index contributed by atoms with van der Waals surface area (Å²) in [5.41, 5.74) is 3.46. The predicted octanol–water partition coefficient (Wildman–Crippen LogP) is 5.85. The Hall–Kier alpha value is -2.88. The lowest BCUT2D eigenvalue weighted by Crippen LogP contribution is -2.35. The summed E-state index contributed by atoms with van der Waals surface area (Å²) in [6, 6.07) is 15.6. The first-order valence-corrected chi connectivity index (χ1v) is 11.0. The molecule has 0 saturated heterocycles. The fraction of sp³-hybridized carbons (Fsp3) is 0.385. The van der Waals surface area contributed by atoms with Gasteiger partial charge in [0.15, 0.2) is 0 Å². The van der Waals surface area contributed by atoms with Crippen molar-refractivity contribution < 1.29 is 9.90 Å². The van der Waals surface area contributed by atoms with E-state index in [0.717, 1.165) is 36.6 Å². The molecule has 1 fully saturated rings. The van der Waals surface area contributed by atoms with E-state index in [-0.39, 0.29) is 17.6 Å². The third-order valence-corrected chi connectivity index (χ3v) is 6.29. The third kappa shape index (κ3) is 4.18. The van der Waals surface area contributed by atoms with E-state index in [1.165, 1.54) is 12.0 Å². The highest BCUT2D eigenvalue weighted by Crippen LogP contribution is 2.35. The predicted molar refractivity (Wildman–Crippen MR) is 120 cm³/mol. The zero-order valence-electron chi connectivity index (χ0n) is 17.8. The van der Waals surface area contributed by atoms with Gasteiger partial charge < -0.3 is 10.4 Å². The lowest BCUT2D eigenvalue weighted by molar-refractivity contribution is -0.126. The van der Waals surface area contributed by atoms with E-state index in [1.54, 1.807) is 6.20 Å². The second-order valence-electron chi connectivity index (χ2n) is 8.68. The number of nitrogens with zero attached hydrogens (tertiary/aromatic N) is 1. The topological polar surface area (TPSA) is 62.2 Å². The molecule has 156 valence electrons. The van der Waals surface area contributed by atoms with Crippen LogP contribution in [0.4, 0.5) is 0 Å². The number of aromatic nitrogens is 1. The van der Waals surface area contributed by atoms with Gasteiger partial charge in [-0.3, -0.25) is 9.78 Å². The van der Waals surface area contributed by atoms with Gasteiger partial charge in [0.1, 0.15) is 11.3 Å². The number of phenols is 1. The molecule has 2 N–H and O–H groups in total. The van der Waals surface area contributed by atoms with Crippen LogP contribution in [0.1, 0.15) is 74.6 Å². The average Bonchev–Trinajstić information content (AvgIpc) is 2.79. The summed E-state index contributed by atoms with van der Waals surface area (Å²) >= 11 is 0. The molecule has 1 aromatic heterocycles. The van der Waals surface area contributed by atoms with Crippen LogP contribution in [0.5, 0.6) is 5.75 Å². The number of fused-ring (bicyclic) bond motifs is 1. The van der Waals surface area contributed by atoms with Gasteiger partial charge >= 0.3 is 0 Å². The SMILES string of the molecule is CC(C)c1ccc([C@@H](NC(=O)C2CCCCC2)c2ccc3cccnc3c2O)cc1. The number of phenolic OH excluding ortho intramolecular Hbond substituents is 1. The molecule has 2 aromatic carbocycles. The number of pyridine rings is 1. The standard InChI is InChI=1S/C26H30N2O2/c1-17(2)18-10-12-20(13-11-18)23(28-26(30)21-7-4-3-5-8-21)22-15-14-19-9-6-16-27-24(19)25(22)29/h6,9-17,21,23,29H,3-5,7-8H2,1-2H3,(H,28,30)/t23-/m1/s1. The molecule has 1 aliphatic carbocycles. The van der Waals surface area contributed by atoms with Crippen molar-refractivity contribution in [1.82, 2.24) is 10.3 Å². The average molecular weight is 403 g/mol. The maximum Gasteiger partial charge on any atom is 0.223 e. The van der Waals surface area contributed by atoms with Crippen LogP contribution >= 0.6 is 0 Å². The highest BCUT2D eigenvalue weighted by Gasteiger charge is 2.27. The van der Waals surface area contributed by atoms with Crippen molar-refractivity contribution in [2.45, 2.75) is 57.9 Å². The largest absolute Gasteiger partial charge is 0.505 e. The first-order valence-electron chi connectivity index (χ1n) is 11.0. The number of rotatable bonds is 5. The molecule has 4 nitrogen and oxygen atoms in total. The first kappa shape index (κ1) is 20.4. The van der Waals surface area contributed by atoms with Gasteiger partial charge in [-0.25, -0.2) is 0 Å². The van der Waals surface area contributed by atoms with Crippen molar-refractivity contribution in [3.8, 4) is 5.75 Å². The molecule has 0 aliphatic heterocycles. The minimum Gasteiger partial charge on any atom is -0.505 e. The maximum atomic E-state index is 13.1. The molecule has 0 radical (unpaired) electrons. The molecule has 4 rings (SSSR count). The fourth-order valence-corrected chi connectivity index (χ4v) is 4.42. The molecule has 1 heterocycles. The normalized spacial score (nSPS) is 16.0. The Kier molecular flexibility index (Phi) is 6.03. The van der Waals surface area contributed by atoms with Crippen LogP contribution < -0.4 is 5.32 Å². The summed E-state index contributed by atoms with van der Waals surface area (Å²) in [5.74, 6) is 0.702. The van der Waals surface area contributed by atoms with Crippen molar-refractivity contribution in [2.24, 2.45) is 5.92 Å². The number of carbonyl (C=O) groups excluding carboxylic acids is 1. The number of aromatic hydroxyl groups is 1. The van der Waals surface area contributed by atoms with Gasteiger partial charge in [-0.15, -0.1) is 0 Å². The molecular weight excluding hydrogens is 372 g/mol. The second kappa shape index (κ2) is 8.86. The highest BCUT2D eigenvalue weighted by atomic mass is 16.3. The van der Waals surface area contributed by atoms with Gasteiger partial charge in [0.25, 0.3) is 0 Å².